The number of amides is 1. The van der Waals surface area contributed by atoms with Gasteiger partial charge < -0.3 is 10.1 Å². The van der Waals surface area contributed by atoms with E-state index in [2.05, 4.69) is 10.0 Å². The first-order chi connectivity index (χ1) is 14.6. The molecule has 0 saturated carbocycles. The van der Waals surface area contributed by atoms with E-state index >= 15 is 0 Å². The topological polar surface area (TPSA) is 84.5 Å². The van der Waals surface area contributed by atoms with Crippen LogP contribution >= 0.6 is 0 Å². The van der Waals surface area contributed by atoms with E-state index in [9.17, 15) is 17.6 Å². The highest BCUT2D eigenvalue weighted by Crippen LogP contribution is 2.22. The molecule has 0 unspecified atom stereocenters. The Morgan fingerprint density at radius 3 is 2.29 bits per heavy atom. The SMILES string of the molecule is Cc1ccc(S(=O)(=O)Nc2cccc(NC(=O)[C@H](C)Oc3ccc(F)cc3)c2)cc1C. The molecule has 0 spiro atoms. The van der Waals surface area contributed by atoms with Gasteiger partial charge in [0.05, 0.1) is 10.6 Å². The highest BCUT2D eigenvalue weighted by molar-refractivity contribution is 7.92. The molecule has 0 aliphatic carbocycles. The molecule has 0 radical (unpaired) electrons. The van der Waals surface area contributed by atoms with Gasteiger partial charge in [-0.1, -0.05) is 12.1 Å². The van der Waals surface area contributed by atoms with Gasteiger partial charge in [-0.2, -0.15) is 0 Å². The Hall–Kier alpha value is -3.39. The third-order valence-corrected chi connectivity index (χ3v) is 6.05. The van der Waals surface area contributed by atoms with E-state index in [4.69, 9.17) is 4.74 Å². The summed E-state index contributed by atoms with van der Waals surface area (Å²) in [7, 11) is -3.78. The Bertz CT molecular complexity index is 1190. The number of sulfonamides is 1. The first-order valence-electron chi connectivity index (χ1n) is 9.57. The van der Waals surface area contributed by atoms with Gasteiger partial charge in [0.25, 0.3) is 15.9 Å². The maximum atomic E-state index is 13.0. The largest absolute Gasteiger partial charge is 0.481 e. The zero-order valence-electron chi connectivity index (χ0n) is 17.3. The third kappa shape index (κ3) is 5.82. The molecule has 31 heavy (non-hydrogen) atoms. The molecular formula is C23H23FN2O4S. The van der Waals surface area contributed by atoms with Crippen LogP contribution in [-0.4, -0.2) is 20.4 Å². The number of anilines is 2. The number of ether oxygens (including phenoxy) is 1. The van der Waals surface area contributed by atoms with E-state index in [1.165, 1.54) is 30.3 Å². The number of nitrogens with one attached hydrogen (secondary N) is 2. The van der Waals surface area contributed by atoms with Crippen molar-refractivity contribution >= 4 is 27.3 Å². The number of aryl methyl sites for hydroxylation is 2. The van der Waals surface area contributed by atoms with E-state index in [0.29, 0.717) is 17.1 Å². The minimum absolute atomic E-state index is 0.159. The van der Waals surface area contributed by atoms with Gasteiger partial charge in [-0.25, -0.2) is 12.8 Å². The molecule has 162 valence electrons. The Kier molecular flexibility index (Phi) is 6.60. The van der Waals surface area contributed by atoms with Gasteiger partial charge in [0.15, 0.2) is 6.10 Å². The zero-order valence-corrected chi connectivity index (χ0v) is 18.2. The highest BCUT2D eigenvalue weighted by Gasteiger charge is 2.17. The number of hydrogen-bond donors (Lipinski definition) is 2. The number of benzene rings is 3. The van der Waals surface area contributed by atoms with Crippen LogP contribution in [0.25, 0.3) is 0 Å². The molecule has 6 nitrogen and oxygen atoms in total. The Labute approximate surface area is 181 Å². The normalized spacial score (nSPS) is 12.1. The van der Waals surface area contributed by atoms with Crippen molar-refractivity contribution in [1.82, 2.24) is 0 Å². The summed E-state index contributed by atoms with van der Waals surface area (Å²) < 4.78 is 46.4. The summed E-state index contributed by atoms with van der Waals surface area (Å²) in [5.74, 6) is -0.470. The van der Waals surface area contributed by atoms with Crippen LogP contribution in [0.15, 0.2) is 71.6 Å². The van der Waals surface area contributed by atoms with Crippen molar-refractivity contribution < 1.29 is 22.3 Å². The predicted octanol–water partition coefficient (Wildman–Crippen LogP) is 4.65. The number of halogens is 1. The second-order valence-corrected chi connectivity index (χ2v) is 8.82. The molecule has 0 bridgehead atoms. The van der Waals surface area contributed by atoms with Gasteiger partial charge in [-0.3, -0.25) is 9.52 Å². The monoisotopic (exact) mass is 442 g/mol. The van der Waals surface area contributed by atoms with Crippen molar-refractivity contribution in [3.05, 3.63) is 83.7 Å². The quantitative estimate of drug-likeness (QED) is 0.558. The van der Waals surface area contributed by atoms with Crippen LogP contribution in [0.1, 0.15) is 18.1 Å². The summed E-state index contributed by atoms with van der Waals surface area (Å²) in [6.07, 6.45) is -0.846. The maximum absolute atomic E-state index is 13.0. The van der Waals surface area contributed by atoms with E-state index in [1.807, 2.05) is 13.8 Å². The second kappa shape index (κ2) is 9.18. The average Bonchev–Trinajstić information content (AvgIpc) is 2.71. The molecule has 1 atom stereocenters. The fraction of sp³-hybridized carbons (Fsp3) is 0.174. The summed E-state index contributed by atoms with van der Waals surface area (Å²) in [4.78, 5) is 12.6. The molecule has 0 fully saturated rings. The van der Waals surface area contributed by atoms with Crippen LogP contribution in [0.3, 0.4) is 0 Å². The number of hydrogen-bond acceptors (Lipinski definition) is 4. The lowest BCUT2D eigenvalue weighted by atomic mass is 10.1. The fourth-order valence-electron chi connectivity index (χ4n) is 2.77. The predicted molar refractivity (Wildman–Crippen MR) is 118 cm³/mol. The summed E-state index contributed by atoms with van der Waals surface area (Å²) >= 11 is 0. The number of carbonyl (C=O) groups excluding carboxylic acids is 1. The van der Waals surface area contributed by atoms with Crippen molar-refractivity contribution in [2.75, 3.05) is 10.0 Å². The number of rotatable bonds is 7. The molecular weight excluding hydrogens is 419 g/mol. The highest BCUT2D eigenvalue weighted by atomic mass is 32.2. The maximum Gasteiger partial charge on any atom is 0.265 e. The van der Waals surface area contributed by atoms with Crippen molar-refractivity contribution in [1.29, 1.82) is 0 Å². The van der Waals surface area contributed by atoms with Crippen LogP contribution in [0.5, 0.6) is 5.75 Å². The van der Waals surface area contributed by atoms with Gasteiger partial charge in [0.1, 0.15) is 11.6 Å². The minimum Gasteiger partial charge on any atom is -0.481 e. The molecule has 3 aromatic rings. The van der Waals surface area contributed by atoms with Crippen LogP contribution in [0.2, 0.25) is 0 Å². The molecule has 3 aromatic carbocycles. The Morgan fingerprint density at radius 1 is 0.935 bits per heavy atom. The smallest absolute Gasteiger partial charge is 0.265 e. The zero-order chi connectivity index (χ0) is 22.6. The first-order valence-corrected chi connectivity index (χ1v) is 11.1. The van der Waals surface area contributed by atoms with Gasteiger partial charge >= 0.3 is 0 Å². The van der Waals surface area contributed by atoms with E-state index < -0.39 is 27.9 Å². The summed E-state index contributed by atoms with van der Waals surface area (Å²) in [6, 6.07) is 16.6. The molecule has 8 heteroatoms. The molecule has 0 aliphatic rings. The van der Waals surface area contributed by atoms with E-state index in [-0.39, 0.29) is 4.90 Å². The van der Waals surface area contributed by atoms with Crippen LogP contribution < -0.4 is 14.8 Å². The average molecular weight is 443 g/mol. The van der Waals surface area contributed by atoms with Gasteiger partial charge in [-0.15, -0.1) is 0 Å². The molecule has 0 heterocycles. The fourth-order valence-corrected chi connectivity index (χ4v) is 3.90. The molecule has 3 rings (SSSR count). The number of carbonyl (C=O) groups is 1. The van der Waals surface area contributed by atoms with Crippen LogP contribution in [0, 0.1) is 19.7 Å². The minimum atomic E-state index is -3.78. The molecule has 0 aliphatic heterocycles. The molecule has 0 aromatic heterocycles. The second-order valence-electron chi connectivity index (χ2n) is 7.14. The molecule has 0 saturated heterocycles. The summed E-state index contributed by atoms with van der Waals surface area (Å²) in [6.45, 7) is 5.32. The Balaban J connectivity index is 1.68. The standard InChI is InChI=1S/C23H23FN2O4S/c1-15-7-12-22(13-16(15)2)31(28,29)26-20-6-4-5-19(14-20)25-23(27)17(3)30-21-10-8-18(24)9-11-21/h4-14,17,26H,1-3H3,(H,25,27)/t17-/m0/s1. The van der Waals surface area contributed by atoms with Gasteiger partial charge in [-0.05, 0) is 86.5 Å². The van der Waals surface area contributed by atoms with E-state index in [0.717, 1.165) is 11.1 Å². The van der Waals surface area contributed by atoms with E-state index in [1.54, 1.807) is 43.3 Å². The third-order valence-electron chi connectivity index (χ3n) is 4.67. The van der Waals surface area contributed by atoms with Gasteiger partial charge in [0, 0.05) is 5.69 Å². The van der Waals surface area contributed by atoms with Crippen LogP contribution in [0.4, 0.5) is 15.8 Å². The Morgan fingerprint density at radius 2 is 1.61 bits per heavy atom. The summed E-state index contributed by atoms with van der Waals surface area (Å²) in [5, 5.41) is 2.68. The van der Waals surface area contributed by atoms with Crippen LogP contribution in [-0.2, 0) is 14.8 Å². The van der Waals surface area contributed by atoms with Crippen molar-refractivity contribution in [2.24, 2.45) is 0 Å². The van der Waals surface area contributed by atoms with Crippen molar-refractivity contribution in [3.63, 3.8) is 0 Å². The lowest BCUT2D eigenvalue weighted by Crippen LogP contribution is -2.30. The van der Waals surface area contributed by atoms with Crippen molar-refractivity contribution in [3.8, 4) is 5.75 Å². The van der Waals surface area contributed by atoms with Crippen molar-refractivity contribution in [2.45, 2.75) is 31.8 Å². The first kappa shape index (κ1) is 22.3. The lowest BCUT2D eigenvalue weighted by molar-refractivity contribution is -0.122. The summed E-state index contributed by atoms with van der Waals surface area (Å²) in [5.41, 5.74) is 2.59. The van der Waals surface area contributed by atoms with Gasteiger partial charge in [0.2, 0.25) is 0 Å². The molecule has 1 amide bonds. The molecule has 2 N–H and O–H groups in total. The lowest BCUT2D eigenvalue weighted by Gasteiger charge is -2.15.